The second kappa shape index (κ2) is 4.25. The number of nitrogens with two attached hydrogens (primary N) is 1. The van der Waals surface area contributed by atoms with Crippen molar-refractivity contribution in [3.8, 4) is 17.2 Å². The van der Waals surface area contributed by atoms with Crippen molar-refractivity contribution in [1.29, 1.82) is 0 Å². The summed E-state index contributed by atoms with van der Waals surface area (Å²) >= 11 is 0. The van der Waals surface area contributed by atoms with E-state index in [0.29, 0.717) is 17.3 Å². The topological polar surface area (TPSA) is 82.5 Å². The maximum atomic E-state index is 5.81. The lowest BCUT2D eigenvalue weighted by atomic mass is 10.2. The molecule has 3 rings (SSSR count). The van der Waals surface area contributed by atoms with Gasteiger partial charge < -0.3 is 5.73 Å². The maximum Gasteiger partial charge on any atom is 0.205 e. The Labute approximate surface area is 103 Å². The molecule has 0 saturated heterocycles. The number of pyridine rings is 1. The molecule has 6 heteroatoms. The summed E-state index contributed by atoms with van der Waals surface area (Å²) in [6.07, 6.45) is 1.64. The minimum atomic E-state index is 0.479. The van der Waals surface area contributed by atoms with E-state index < -0.39 is 0 Å². The predicted molar refractivity (Wildman–Crippen MR) is 66.8 cm³/mol. The number of hydrogen-bond acceptors (Lipinski definition) is 5. The van der Waals surface area contributed by atoms with Gasteiger partial charge in [-0.25, -0.2) is 4.98 Å². The molecule has 0 amide bonds. The summed E-state index contributed by atoms with van der Waals surface area (Å²) < 4.78 is 0. The van der Waals surface area contributed by atoms with Crippen molar-refractivity contribution in [2.24, 2.45) is 0 Å². The fraction of sp³-hybridized carbons (Fsp3) is 0. The normalized spacial score (nSPS) is 10.4. The number of rotatable bonds is 2. The molecular weight excluding hydrogens is 228 g/mol. The van der Waals surface area contributed by atoms with E-state index in [1.165, 1.54) is 4.80 Å². The molecule has 0 atom stereocenters. The van der Waals surface area contributed by atoms with E-state index >= 15 is 0 Å². The Morgan fingerprint density at radius 1 is 1.00 bits per heavy atom. The Morgan fingerprint density at radius 2 is 1.83 bits per heavy atom. The number of benzene rings is 1. The first-order chi connectivity index (χ1) is 8.84. The molecule has 3 aromatic rings. The molecule has 0 aliphatic carbocycles. The highest BCUT2D eigenvalue weighted by atomic mass is 15.6. The summed E-state index contributed by atoms with van der Waals surface area (Å²) in [5, 5.41) is 12.2. The fourth-order valence-electron chi connectivity index (χ4n) is 1.58. The van der Waals surface area contributed by atoms with Gasteiger partial charge in [-0.2, -0.15) is 0 Å². The van der Waals surface area contributed by atoms with Crippen molar-refractivity contribution < 1.29 is 0 Å². The summed E-state index contributed by atoms with van der Waals surface area (Å²) in [7, 11) is 0. The number of tetrazole rings is 1. The zero-order valence-corrected chi connectivity index (χ0v) is 9.43. The van der Waals surface area contributed by atoms with Gasteiger partial charge in [0.05, 0.1) is 5.69 Å². The third-order valence-electron chi connectivity index (χ3n) is 2.45. The second-order valence-electron chi connectivity index (χ2n) is 3.68. The Bertz CT molecular complexity index is 661. The minimum absolute atomic E-state index is 0.479. The van der Waals surface area contributed by atoms with Crippen LogP contribution in [-0.2, 0) is 0 Å². The summed E-state index contributed by atoms with van der Waals surface area (Å²) in [4.78, 5) is 5.46. The fourth-order valence-corrected chi connectivity index (χ4v) is 1.58. The predicted octanol–water partition coefficient (Wildman–Crippen LogP) is 1.31. The van der Waals surface area contributed by atoms with E-state index in [0.717, 1.165) is 5.56 Å². The molecule has 0 saturated carbocycles. The van der Waals surface area contributed by atoms with Gasteiger partial charge in [0.25, 0.3) is 0 Å². The molecule has 0 unspecified atom stereocenters. The smallest absolute Gasteiger partial charge is 0.205 e. The Hall–Kier alpha value is -2.76. The monoisotopic (exact) mass is 238 g/mol. The Kier molecular flexibility index (Phi) is 2.45. The summed E-state index contributed by atoms with van der Waals surface area (Å²) in [6, 6.07) is 13.1. The van der Waals surface area contributed by atoms with Crippen LogP contribution in [-0.4, -0.2) is 25.2 Å². The highest BCUT2D eigenvalue weighted by molar-refractivity contribution is 5.55. The average Bonchev–Trinajstić information content (AvgIpc) is 2.90. The SMILES string of the molecule is Nc1cccnc1-n1nnc(-c2ccccc2)n1. The van der Waals surface area contributed by atoms with E-state index in [9.17, 15) is 0 Å². The Balaban J connectivity index is 2.03. The molecular formula is C12H10N6. The van der Waals surface area contributed by atoms with Gasteiger partial charge in [-0.15, -0.1) is 15.0 Å². The maximum absolute atomic E-state index is 5.81. The third-order valence-corrected chi connectivity index (χ3v) is 2.45. The quantitative estimate of drug-likeness (QED) is 0.727. The molecule has 0 spiro atoms. The van der Waals surface area contributed by atoms with Gasteiger partial charge >= 0.3 is 0 Å². The molecule has 0 fully saturated rings. The van der Waals surface area contributed by atoms with Gasteiger partial charge in [0, 0.05) is 11.8 Å². The van der Waals surface area contributed by atoms with Crippen molar-refractivity contribution in [2.45, 2.75) is 0 Å². The van der Waals surface area contributed by atoms with Crippen LogP contribution >= 0.6 is 0 Å². The highest BCUT2D eigenvalue weighted by Gasteiger charge is 2.09. The van der Waals surface area contributed by atoms with Crippen LogP contribution in [0.15, 0.2) is 48.7 Å². The number of nitrogens with zero attached hydrogens (tertiary/aromatic N) is 5. The Morgan fingerprint density at radius 3 is 2.61 bits per heavy atom. The molecule has 18 heavy (non-hydrogen) atoms. The lowest BCUT2D eigenvalue weighted by Gasteiger charge is -1.99. The second-order valence-corrected chi connectivity index (χ2v) is 3.68. The van der Waals surface area contributed by atoms with E-state index in [4.69, 9.17) is 5.73 Å². The molecule has 2 N–H and O–H groups in total. The van der Waals surface area contributed by atoms with Crippen LogP contribution in [0.2, 0.25) is 0 Å². The molecule has 0 aliphatic rings. The molecule has 1 aromatic carbocycles. The number of nitrogen functional groups attached to an aromatic ring is 1. The largest absolute Gasteiger partial charge is 0.396 e. The van der Waals surface area contributed by atoms with E-state index in [1.54, 1.807) is 18.3 Å². The highest BCUT2D eigenvalue weighted by Crippen LogP contribution is 2.15. The molecule has 88 valence electrons. The molecule has 2 heterocycles. The van der Waals surface area contributed by atoms with Crippen LogP contribution in [0.3, 0.4) is 0 Å². The standard InChI is InChI=1S/C12H10N6/c13-10-7-4-8-14-12(10)18-16-11(15-17-18)9-5-2-1-3-6-9/h1-8H,13H2. The number of hydrogen-bond donors (Lipinski definition) is 1. The first-order valence-corrected chi connectivity index (χ1v) is 5.41. The first kappa shape index (κ1) is 10.4. The lowest BCUT2D eigenvalue weighted by molar-refractivity contribution is 0.703. The zero-order valence-electron chi connectivity index (χ0n) is 9.43. The molecule has 0 bridgehead atoms. The van der Waals surface area contributed by atoms with E-state index in [-0.39, 0.29) is 0 Å². The van der Waals surface area contributed by atoms with Crippen molar-refractivity contribution in [3.63, 3.8) is 0 Å². The van der Waals surface area contributed by atoms with Crippen molar-refractivity contribution >= 4 is 5.69 Å². The lowest BCUT2D eigenvalue weighted by Crippen LogP contribution is -2.05. The molecule has 2 aromatic heterocycles. The van der Waals surface area contributed by atoms with Crippen LogP contribution in [0.5, 0.6) is 0 Å². The number of aromatic nitrogens is 5. The van der Waals surface area contributed by atoms with Crippen LogP contribution in [0.25, 0.3) is 17.2 Å². The molecule has 0 radical (unpaired) electrons. The minimum Gasteiger partial charge on any atom is -0.396 e. The summed E-state index contributed by atoms with van der Waals surface area (Å²) in [5.41, 5.74) is 7.22. The van der Waals surface area contributed by atoms with Gasteiger partial charge in [-0.3, -0.25) is 0 Å². The summed E-state index contributed by atoms with van der Waals surface area (Å²) in [6.45, 7) is 0. The zero-order chi connectivity index (χ0) is 12.4. The first-order valence-electron chi connectivity index (χ1n) is 5.41. The van der Waals surface area contributed by atoms with Crippen molar-refractivity contribution in [2.75, 3.05) is 5.73 Å². The van der Waals surface area contributed by atoms with E-state index in [1.807, 2.05) is 30.3 Å². The van der Waals surface area contributed by atoms with Gasteiger partial charge in [-0.1, -0.05) is 30.3 Å². The van der Waals surface area contributed by atoms with Crippen molar-refractivity contribution in [1.82, 2.24) is 25.2 Å². The van der Waals surface area contributed by atoms with Crippen LogP contribution in [0.4, 0.5) is 5.69 Å². The van der Waals surface area contributed by atoms with Gasteiger partial charge in [0.2, 0.25) is 5.82 Å². The van der Waals surface area contributed by atoms with Crippen LogP contribution in [0.1, 0.15) is 0 Å². The van der Waals surface area contributed by atoms with Gasteiger partial charge in [-0.05, 0) is 17.3 Å². The average molecular weight is 238 g/mol. The van der Waals surface area contributed by atoms with Gasteiger partial charge in [0.15, 0.2) is 5.82 Å². The van der Waals surface area contributed by atoms with Crippen LogP contribution < -0.4 is 5.73 Å². The number of anilines is 1. The van der Waals surface area contributed by atoms with Crippen molar-refractivity contribution in [3.05, 3.63) is 48.7 Å². The van der Waals surface area contributed by atoms with Crippen LogP contribution in [0, 0.1) is 0 Å². The van der Waals surface area contributed by atoms with Gasteiger partial charge in [0.1, 0.15) is 0 Å². The molecule has 0 aliphatic heterocycles. The van der Waals surface area contributed by atoms with E-state index in [2.05, 4.69) is 20.4 Å². The summed E-state index contributed by atoms with van der Waals surface area (Å²) in [5.74, 6) is 1.02. The third kappa shape index (κ3) is 1.80. The molecule has 6 nitrogen and oxygen atoms in total.